The van der Waals surface area contributed by atoms with Gasteiger partial charge in [0, 0.05) is 6.61 Å². The fourth-order valence-corrected chi connectivity index (χ4v) is 3.16. The van der Waals surface area contributed by atoms with Crippen LogP contribution in [0.3, 0.4) is 0 Å². The van der Waals surface area contributed by atoms with Crippen LogP contribution in [0.25, 0.3) is 0 Å². The Kier molecular flexibility index (Phi) is 10.5. The number of likely N-dealkylation sites (tertiary alicyclic amines) is 1. The summed E-state index contributed by atoms with van der Waals surface area (Å²) < 4.78 is 0. The zero-order chi connectivity index (χ0) is 13.8. The van der Waals surface area contributed by atoms with Crippen molar-refractivity contribution in [2.24, 2.45) is 5.92 Å². The maximum absolute atomic E-state index is 8.74. The van der Waals surface area contributed by atoms with Gasteiger partial charge in [0.15, 0.2) is 0 Å². The zero-order valence-electron chi connectivity index (χ0n) is 13.1. The van der Waals surface area contributed by atoms with Crippen LogP contribution < -0.4 is 0 Å². The second-order valence-corrected chi connectivity index (χ2v) is 6.27. The zero-order valence-corrected chi connectivity index (χ0v) is 13.1. The van der Waals surface area contributed by atoms with Crippen molar-refractivity contribution in [3.8, 4) is 0 Å². The SMILES string of the molecule is CCCCCCC1CCN(CCCCCCO)CC1. The van der Waals surface area contributed by atoms with E-state index in [1.54, 1.807) is 0 Å². The van der Waals surface area contributed by atoms with Crippen LogP contribution in [-0.4, -0.2) is 36.2 Å². The molecule has 19 heavy (non-hydrogen) atoms. The van der Waals surface area contributed by atoms with E-state index in [1.807, 2.05) is 0 Å². The number of rotatable bonds is 11. The van der Waals surface area contributed by atoms with Crippen LogP contribution in [0.15, 0.2) is 0 Å². The van der Waals surface area contributed by atoms with Crippen LogP contribution in [0, 0.1) is 5.92 Å². The Morgan fingerprint density at radius 3 is 2.26 bits per heavy atom. The lowest BCUT2D eigenvalue weighted by Crippen LogP contribution is -2.34. The van der Waals surface area contributed by atoms with Gasteiger partial charge in [-0.2, -0.15) is 0 Å². The molecular weight excluding hydrogens is 234 g/mol. The standard InChI is InChI=1S/C17H35NO/c1-2-3-4-7-10-17-11-14-18(15-12-17)13-8-5-6-9-16-19/h17,19H,2-16H2,1H3. The third kappa shape index (κ3) is 8.65. The van der Waals surface area contributed by atoms with E-state index in [1.165, 1.54) is 83.8 Å². The summed E-state index contributed by atoms with van der Waals surface area (Å²) in [7, 11) is 0. The minimum Gasteiger partial charge on any atom is -0.396 e. The normalized spacial score (nSPS) is 18.0. The molecule has 0 unspecified atom stereocenters. The highest BCUT2D eigenvalue weighted by atomic mass is 16.2. The minimum atomic E-state index is 0.365. The average Bonchev–Trinajstić information content (AvgIpc) is 2.45. The third-order valence-electron chi connectivity index (χ3n) is 4.56. The first-order valence-corrected chi connectivity index (χ1v) is 8.70. The van der Waals surface area contributed by atoms with E-state index >= 15 is 0 Å². The lowest BCUT2D eigenvalue weighted by molar-refractivity contribution is 0.173. The Morgan fingerprint density at radius 1 is 0.895 bits per heavy atom. The van der Waals surface area contributed by atoms with E-state index in [0.29, 0.717) is 6.61 Å². The van der Waals surface area contributed by atoms with Crippen molar-refractivity contribution in [1.82, 2.24) is 4.90 Å². The first-order valence-electron chi connectivity index (χ1n) is 8.70. The minimum absolute atomic E-state index is 0.365. The molecule has 1 saturated heterocycles. The Hall–Kier alpha value is -0.0800. The molecule has 0 atom stereocenters. The highest BCUT2D eigenvalue weighted by molar-refractivity contribution is 4.72. The molecule has 0 saturated carbocycles. The number of aliphatic hydroxyl groups excluding tert-OH is 1. The molecule has 114 valence electrons. The summed E-state index contributed by atoms with van der Waals surface area (Å²) in [6, 6.07) is 0. The van der Waals surface area contributed by atoms with E-state index in [0.717, 1.165) is 12.3 Å². The maximum atomic E-state index is 8.74. The van der Waals surface area contributed by atoms with E-state index in [2.05, 4.69) is 11.8 Å². The van der Waals surface area contributed by atoms with Gasteiger partial charge in [-0.1, -0.05) is 51.9 Å². The molecule has 1 rings (SSSR count). The molecule has 2 heteroatoms. The second kappa shape index (κ2) is 11.7. The Morgan fingerprint density at radius 2 is 1.58 bits per heavy atom. The molecule has 0 spiro atoms. The van der Waals surface area contributed by atoms with Crippen LogP contribution in [0.4, 0.5) is 0 Å². The predicted molar refractivity (Wildman–Crippen MR) is 83.5 cm³/mol. The molecule has 0 aromatic carbocycles. The fraction of sp³-hybridized carbons (Fsp3) is 1.00. The van der Waals surface area contributed by atoms with Gasteiger partial charge in [-0.25, -0.2) is 0 Å². The molecule has 0 aliphatic carbocycles. The molecule has 0 amide bonds. The largest absolute Gasteiger partial charge is 0.396 e. The summed E-state index contributed by atoms with van der Waals surface area (Å²) in [5.41, 5.74) is 0. The number of nitrogens with zero attached hydrogens (tertiary/aromatic N) is 1. The number of unbranched alkanes of at least 4 members (excludes halogenated alkanes) is 6. The van der Waals surface area contributed by atoms with Crippen molar-refractivity contribution < 1.29 is 5.11 Å². The van der Waals surface area contributed by atoms with Crippen molar-refractivity contribution in [3.63, 3.8) is 0 Å². The molecule has 1 aliphatic heterocycles. The number of piperidine rings is 1. The van der Waals surface area contributed by atoms with Gasteiger partial charge in [0.1, 0.15) is 0 Å². The smallest absolute Gasteiger partial charge is 0.0431 e. The monoisotopic (exact) mass is 269 g/mol. The summed E-state index contributed by atoms with van der Waals surface area (Å²) in [5.74, 6) is 1.02. The van der Waals surface area contributed by atoms with Gasteiger partial charge in [0.2, 0.25) is 0 Å². The van der Waals surface area contributed by atoms with Crippen molar-refractivity contribution in [3.05, 3.63) is 0 Å². The lowest BCUT2D eigenvalue weighted by Gasteiger charge is -2.32. The Labute approximate surface area is 120 Å². The van der Waals surface area contributed by atoms with Crippen molar-refractivity contribution in [1.29, 1.82) is 0 Å². The summed E-state index contributed by atoms with van der Waals surface area (Å²) in [5, 5.41) is 8.74. The van der Waals surface area contributed by atoms with E-state index in [-0.39, 0.29) is 0 Å². The van der Waals surface area contributed by atoms with Crippen molar-refractivity contribution in [2.75, 3.05) is 26.2 Å². The van der Waals surface area contributed by atoms with Crippen LogP contribution >= 0.6 is 0 Å². The second-order valence-electron chi connectivity index (χ2n) is 6.27. The topological polar surface area (TPSA) is 23.5 Å². The molecule has 0 radical (unpaired) electrons. The van der Waals surface area contributed by atoms with Gasteiger partial charge in [0.25, 0.3) is 0 Å². The fourth-order valence-electron chi connectivity index (χ4n) is 3.16. The molecular formula is C17H35NO. The summed E-state index contributed by atoms with van der Waals surface area (Å²) in [6.45, 7) is 6.60. The van der Waals surface area contributed by atoms with Crippen LogP contribution in [0.2, 0.25) is 0 Å². The molecule has 1 N–H and O–H groups in total. The Bertz CT molecular complexity index is 188. The predicted octanol–water partition coefficient (Wildman–Crippen LogP) is 4.22. The first-order chi connectivity index (χ1) is 9.36. The van der Waals surface area contributed by atoms with Gasteiger partial charge < -0.3 is 10.0 Å². The number of hydrogen-bond acceptors (Lipinski definition) is 2. The molecule has 0 bridgehead atoms. The van der Waals surface area contributed by atoms with Crippen molar-refractivity contribution in [2.45, 2.75) is 77.6 Å². The molecule has 0 aromatic heterocycles. The van der Waals surface area contributed by atoms with Crippen LogP contribution in [0.5, 0.6) is 0 Å². The summed E-state index contributed by atoms with van der Waals surface area (Å²) in [6.07, 6.45) is 14.8. The average molecular weight is 269 g/mol. The quantitative estimate of drug-likeness (QED) is 0.568. The van der Waals surface area contributed by atoms with Crippen LogP contribution in [0.1, 0.15) is 77.6 Å². The third-order valence-corrected chi connectivity index (χ3v) is 4.56. The molecule has 1 aliphatic rings. The van der Waals surface area contributed by atoms with E-state index in [4.69, 9.17) is 5.11 Å². The molecule has 1 fully saturated rings. The lowest BCUT2D eigenvalue weighted by atomic mass is 9.91. The summed E-state index contributed by atoms with van der Waals surface area (Å²) >= 11 is 0. The van der Waals surface area contributed by atoms with Gasteiger partial charge in [-0.05, 0) is 51.2 Å². The highest BCUT2D eigenvalue weighted by Crippen LogP contribution is 2.23. The molecule has 2 nitrogen and oxygen atoms in total. The molecule has 1 heterocycles. The number of hydrogen-bond donors (Lipinski definition) is 1. The van der Waals surface area contributed by atoms with Gasteiger partial charge in [0.05, 0.1) is 0 Å². The van der Waals surface area contributed by atoms with Gasteiger partial charge >= 0.3 is 0 Å². The van der Waals surface area contributed by atoms with Crippen molar-refractivity contribution >= 4 is 0 Å². The van der Waals surface area contributed by atoms with E-state index in [9.17, 15) is 0 Å². The van der Waals surface area contributed by atoms with Gasteiger partial charge in [-0.3, -0.25) is 0 Å². The van der Waals surface area contributed by atoms with Gasteiger partial charge in [-0.15, -0.1) is 0 Å². The summed E-state index contributed by atoms with van der Waals surface area (Å²) in [4.78, 5) is 2.65. The highest BCUT2D eigenvalue weighted by Gasteiger charge is 2.18. The Balaban J connectivity index is 1.93. The van der Waals surface area contributed by atoms with Crippen LogP contribution in [-0.2, 0) is 0 Å². The molecule has 0 aromatic rings. The number of aliphatic hydroxyl groups is 1. The van der Waals surface area contributed by atoms with E-state index < -0.39 is 0 Å². The maximum Gasteiger partial charge on any atom is 0.0431 e. The first kappa shape index (κ1) is 17.0.